The summed E-state index contributed by atoms with van der Waals surface area (Å²) >= 11 is 0. The quantitative estimate of drug-likeness (QED) is 0.574. The summed E-state index contributed by atoms with van der Waals surface area (Å²) in [7, 11) is 1.60. The minimum absolute atomic E-state index is 0.0673. The lowest BCUT2D eigenvalue weighted by molar-refractivity contribution is 0.102. The molecule has 140 valence electrons. The highest BCUT2D eigenvalue weighted by Crippen LogP contribution is 2.21. The molecule has 1 N–H and O–H groups in total. The van der Waals surface area contributed by atoms with E-state index >= 15 is 0 Å². The van der Waals surface area contributed by atoms with Gasteiger partial charge in [-0.1, -0.05) is 23.4 Å². The molecule has 0 saturated carbocycles. The molecule has 0 atom stereocenters. The fourth-order valence-electron chi connectivity index (χ4n) is 2.75. The maximum atomic E-state index is 12.6. The topological polar surface area (TPSA) is 103 Å². The molecule has 3 aromatic heterocycles. The van der Waals surface area contributed by atoms with Crippen molar-refractivity contribution in [2.75, 3.05) is 5.32 Å². The number of nitrogens with one attached hydrogen (secondary N) is 1. The van der Waals surface area contributed by atoms with Crippen molar-refractivity contribution >= 4 is 11.6 Å². The Morgan fingerprint density at radius 1 is 1.14 bits per heavy atom. The fourth-order valence-corrected chi connectivity index (χ4v) is 2.75. The number of hydrogen-bond donors (Lipinski definition) is 1. The van der Waals surface area contributed by atoms with Gasteiger partial charge < -0.3 is 18.8 Å². The van der Waals surface area contributed by atoms with E-state index in [2.05, 4.69) is 15.5 Å². The molecule has 0 spiro atoms. The number of furan rings is 1. The number of nitrogens with zero attached hydrogens (tertiary/aromatic N) is 3. The van der Waals surface area contributed by atoms with Gasteiger partial charge in [0.1, 0.15) is 5.56 Å². The Morgan fingerprint density at radius 2 is 2.00 bits per heavy atom. The molecule has 4 rings (SSSR count). The molecule has 0 saturated heterocycles. The zero-order chi connectivity index (χ0) is 19.5. The average Bonchev–Trinajstić information content (AvgIpc) is 3.37. The summed E-state index contributed by atoms with van der Waals surface area (Å²) < 4.78 is 11.9. The monoisotopic (exact) mass is 376 g/mol. The number of benzene rings is 1. The van der Waals surface area contributed by atoms with Crippen LogP contribution in [0.2, 0.25) is 0 Å². The smallest absolute Gasteiger partial charge is 0.263 e. The number of hydrogen-bond acceptors (Lipinski definition) is 6. The van der Waals surface area contributed by atoms with Crippen LogP contribution in [0.4, 0.5) is 5.69 Å². The molecule has 4 aromatic rings. The van der Waals surface area contributed by atoms with Crippen molar-refractivity contribution < 1.29 is 13.7 Å². The Morgan fingerprint density at radius 3 is 2.82 bits per heavy atom. The van der Waals surface area contributed by atoms with Gasteiger partial charge in [-0.3, -0.25) is 9.59 Å². The lowest BCUT2D eigenvalue weighted by Gasteiger charge is -2.10. The zero-order valence-corrected chi connectivity index (χ0v) is 15.0. The van der Waals surface area contributed by atoms with Crippen LogP contribution in [-0.2, 0) is 13.5 Å². The largest absolute Gasteiger partial charge is 0.461 e. The number of carbonyl (C=O) groups is 1. The second kappa shape index (κ2) is 7.36. The predicted molar refractivity (Wildman–Crippen MR) is 101 cm³/mol. The van der Waals surface area contributed by atoms with E-state index in [-0.39, 0.29) is 11.1 Å². The maximum absolute atomic E-state index is 12.6. The predicted octanol–water partition coefficient (Wildman–Crippen LogP) is 2.87. The van der Waals surface area contributed by atoms with E-state index in [1.165, 1.54) is 16.9 Å². The summed E-state index contributed by atoms with van der Waals surface area (Å²) in [5.74, 6) is 0.769. The van der Waals surface area contributed by atoms with E-state index in [1.807, 2.05) is 12.1 Å². The molecule has 0 bridgehead atoms. The molecule has 28 heavy (non-hydrogen) atoms. The first kappa shape index (κ1) is 17.5. The molecule has 0 aliphatic heterocycles. The molecular weight excluding hydrogens is 360 g/mol. The molecule has 8 nitrogen and oxygen atoms in total. The van der Waals surface area contributed by atoms with Crippen LogP contribution in [0, 0.1) is 0 Å². The van der Waals surface area contributed by atoms with Crippen LogP contribution in [0.3, 0.4) is 0 Å². The Balaban J connectivity index is 1.57. The van der Waals surface area contributed by atoms with Crippen LogP contribution in [0.1, 0.15) is 21.8 Å². The van der Waals surface area contributed by atoms with Gasteiger partial charge in [0.05, 0.1) is 12.7 Å². The molecule has 0 aliphatic carbocycles. The number of para-hydroxylation sites is 1. The van der Waals surface area contributed by atoms with Crippen molar-refractivity contribution in [3.63, 3.8) is 0 Å². The Bertz CT molecular complexity index is 1170. The standard InChI is InChI=1S/C20H16N4O4/c1-24-10-4-7-14(20(24)26)19(25)21-15-8-3-2-6-13(15)12-17-22-18(23-28-17)16-9-5-11-27-16/h2-11H,12H2,1H3,(H,21,25). The van der Waals surface area contributed by atoms with E-state index < -0.39 is 5.91 Å². The van der Waals surface area contributed by atoms with Crippen LogP contribution in [0.15, 0.2) is 74.7 Å². The van der Waals surface area contributed by atoms with Crippen LogP contribution < -0.4 is 10.9 Å². The van der Waals surface area contributed by atoms with Crippen LogP contribution in [-0.4, -0.2) is 20.6 Å². The minimum Gasteiger partial charge on any atom is -0.461 e. The molecule has 0 fully saturated rings. The van der Waals surface area contributed by atoms with Crippen molar-refractivity contribution in [2.24, 2.45) is 7.05 Å². The highest BCUT2D eigenvalue weighted by Gasteiger charge is 2.16. The molecule has 1 amide bonds. The first-order chi connectivity index (χ1) is 13.6. The number of anilines is 1. The molecule has 0 radical (unpaired) electrons. The van der Waals surface area contributed by atoms with Crippen molar-refractivity contribution in [2.45, 2.75) is 6.42 Å². The second-order valence-electron chi connectivity index (χ2n) is 6.11. The number of pyridine rings is 1. The Kier molecular flexibility index (Phi) is 4.59. The normalized spacial score (nSPS) is 10.8. The third-order valence-corrected chi connectivity index (χ3v) is 4.18. The molecular formula is C20H16N4O4. The summed E-state index contributed by atoms with van der Waals surface area (Å²) in [5, 5.41) is 6.69. The van der Waals surface area contributed by atoms with Gasteiger partial charge in [0.25, 0.3) is 11.5 Å². The van der Waals surface area contributed by atoms with Crippen molar-refractivity contribution in [3.8, 4) is 11.6 Å². The lowest BCUT2D eigenvalue weighted by atomic mass is 10.1. The van der Waals surface area contributed by atoms with Crippen molar-refractivity contribution in [3.05, 3.63) is 88.4 Å². The summed E-state index contributed by atoms with van der Waals surface area (Å²) in [6.45, 7) is 0. The third kappa shape index (κ3) is 3.48. The Labute approximate surface area is 159 Å². The number of aryl methyl sites for hydroxylation is 1. The molecule has 3 heterocycles. The van der Waals surface area contributed by atoms with E-state index in [0.29, 0.717) is 29.6 Å². The van der Waals surface area contributed by atoms with Gasteiger partial charge in [0.2, 0.25) is 11.7 Å². The van der Waals surface area contributed by atoms with E-state index in [1.54, 1.807) is 43.6 Å². The fraction of sp³-hybridized carbons (Fsp3) is 0.100. The number of aromatic nitrogens is 3. The molecule has 1 aromatic carbocycles. The number of carbonyl (C=O) groups excluding carboxylic acids is 1. The highest BCUT2D eigenvalue weighted by atomic mass is 16.5. The van der Waals surface area contributed by atoms with Gasteiger partial charge in [-0.25, -0.2) is 0 Å². The van der Waals surface area contributed by atoms with Crippen molar-refractivity contribution in [1.29, 1.82) is 0 Å². The molecule has 0 unspecified atom stereocenters. The van der Waals surface area contributed by atoms with E-state index in [4.69, 9.17) is 8.94 Å². The minimum atomic E-state index is -0.476. The maximum Gasteiger partial charge on any atom is 0.263 e. The van der Waals surface area contributed by atoms with Gasteiger partial charge in [0.15, 0.2) is 5.76 Å². The van der Waals surface area contributed by atoms with Crippen LogP contribution in [0.5, 0.6) is 0 Å². The summed E-state index contributed by atoms with van der Waals surface area (Å²) in [6, 6.07) is 13.9. The zero-order valence-electron chi connectivity index (χ0n) is 15.0. The van der Waals surface area contributed by atoms with Gasteiger partial charge in [-0.05, 0) is 35.9 Å². The SMILES string of the molecule is Cn1cccc(C(=O)Nc2ccccc2Cc2nc(-c3ccco3)no2)c1=O. The van der Waals surface area contributed by atoms with Gasteiger partial charge in [-0.2, -0.15) is 4.98 Å². The molecule has 0 aliphatic rings. The van der Waals surface area contributed by atoms with Crippen LogP contribution >= 0.6 is 0 Å². The summed E-state index contributed by atoms with van der Waals surface area (Å²) in [4.78, 5) is 29.0. The van der Waals surface area contributed by atoms with E-state index in [0.717, 1.165) is 5.56 Å². The van der Waals surface area contributed by atoms with Gasteiger partial charge >= 0.3 is 0 Å². The summed E-state index contributed by atoms with van der Waals surface area (Å²) in [6.07, 6.45) is 3.44. The molecule has 8 heteroatoms. The average molecular weight is 376 g/mol. The van der Waals surface area contributed by atoms with Gasteiger partial charge in [0, 0.05) is 18.9 Å². The first-order valence-corrected chi connectivity index (χ1v) is 8.53. The highest BCUT2D eigenvalue weighted by molar-refractivity contribution is 6.04. The number of rotatable bonds is 5. The summed E-state index contributed by atoms with van der Waals surface area (Å²) in [5.41, 5.74) is 1.05. The Hall–Kier alpha value is -3.94. The van der Waals surface area contributed by atoms with Gasteiger partial charge in [-0.15, -0.1) is 0 Å². The second-order valence-corrected chi connectivity index (χ2v) is 6.11. The lowest BCUT2D eigenvalue weighted by Crippen LogP contribution is -2.27. The van der Waals surface area contributed by atoms with Crippen LogP contribution in [0.25, 0.3) is 11.6 Å². The van der Waals surface area contributed by atoms with Crippen molar-refractivity contribution in [1.82, 2.24) is 14.7 Å². The number of amides is 1. The van der Waals surface area contributed by atoms with E-state index in [9.17, 15) is 9.59 Å². The third-order valence-electron chi connectivity index (χ3n) is 4.18. The first-order valence-electron chi connectivity index (χ1n) is 8.53.